The molecule has 1 heterocycles. The van der Waals surface area contributed by atoms with E-state index in [2.05, 4.69) is 320 Å². The summed E-state index contributed by atoms with van der Waals surface area (Å²) in [7, 11) is 0. The van der Waals surface area contributed by atoms with Gasteiger partial charge in [-0.15, -0.1) is 0 Å². The van der Waals surface area contributed by atoms with Crippen LogP contribution in [-0.4, -0.2) is 0 Å². The molecule has 1 N–H and O–H groups in total. The van der Waals surface area contributed by atoms with Crippen molar-refractivity contribution >= 4 is 39.2 Å². The van der Waals surface area contributed by atoms with Gasteiger partial charge < -0.3 is 15.0 Å². The maximum absolute atomic E-state index is 6.91. The molecule has 1 unspecified atom stereocenters. The molecule has 0 radical (unpaired) electrons. The third-order valence-electron chi connectivity index (χ3n) is 15.8. The molecule has 0 saturated heterocycles. The summed E-state index contributed by atoms with van der Waals surface area (Å²) in [6, 6.07) is 115. The largest absolute Gasteiger partial charge is 0.456 e. The summed E-state index contributed by atoms with van der Waals surface area (Å²) < 4.78 is 6.91. The highest BCUT2D eigenvalue weighted by Crippen LogP contribution is 2.65. The number of ether oxygens (including phenoxy) is 1. The molecule has 13 aromatic rings. The van der Waals surface area contributed by atoms with Crippen LogP contribution in [0.25, 0.3) is 66.4 Å². The molecule has 1 spiro atoms. The quantitative estimate of drug-likeness (QED) is 0.156. The van der Waals surface area contributed by atoms with Crippen LogP contribution in [0.15, 0.2) is 322 Å². The summed E-state index contributed by atoms with van der Waals surface area (Å²) in [6.07, 6.45) is 0. The maximum Gasteiger partial charge on any atom is 0.140 e. The van der Waals surface area contributed by atoms with Crippen LogP contribution in [0.4, 0.5) is 28.4 Å². The Kier molecular flexibility index (Phi) is 12.5. The fourth-order valence-electron chi connectivity index (χ4n) is 12.1. The number of nitrogens with one attached hydrogen (secondary N) is 1. The average Bonchev–Trinajstić information content (AvgIpc) is 3.51. The highest BCUT2D eigenvalue weighted by molar-refractivity contribution is 6.01. The molecular weight excluding hydrogens is 969 g/mol. The van der Waals surface area contributed by atoms with Gasteiger partial charge in [0.1, 0.15) is 11.5 Å². The van der Waals surface area contributed by atoms with Crippen molar-refractivity contribution in [3.63, 3.8) is 0 Å². The second-order valence-corrected chi connectivity index (χ2v) is 20.4. The van der Waals surface area contributed by atoms with Crippen molar-refractivity contribution in [2.75, 3.05) is 10.2 Å². The minimum Gasteiger partial charge on any atom is -0.456 e. The van der Waals surface area contributed by atoms with E-state index in [1.54, 1.807) is 0 Å². The standard InChI is InChI=1S/C53H35NO.C24H19N/c1-3-14-36(15-4-1)38-26-31-41(32-27-38)54(42-33-28-39(29-34-42)37-16-5-2-6-17-37)49-24-13-23-47-51(49)44-20-9-10-21-45(44)53(47)46-22-11-12-25-50(46)55-52-43-19-8-7-18-40(43)30-35-48(52)53;1-3-7-19(8-4-1)21-11-15-23(16-12-21)25-24-17-13-22(14-18-24)20-9-5-2-6-10-20/h1-35H;1-18,25H. The smallest absolute Gasteiger partial charge is 0.140 e. The molecule has 3 heteroatoms. The third kappa shape index (κ3) is 8.68. The molecular formula is C77H54N2O. The summed E-state index contributed by atoms with van der Waals surface area (Å²) in [5.74, 6) is 1.82. The van der Waals surface area contributed by atoms with E-state index < -0.39 is 5.41 Å². The minimum absolute atomic E-state index is 0.587. The fraction of sp³-hybridized carbons (Fsp3) is 0.0130. The van der Waals surface area contributed by atoms with E-state index in [-0.39, 0.29) is 0 Å². The lowest BCUT2D eigenvalue weighted by Crippen LogP contribution is -2.32. The predicted octanol–water partition coefficient (Wildman–Crippen LogP) is 20.9. The first-order valence-electron chi connectivity index (χ1n) is 27.4. The second-order valence-electron chi connectivity index (χ2n) is 20.4. The molecule has 2 aliphatic rings. The zero-order valence-electron chi connectivity index (χ0n) is 44.0. The Morgan fingerprint density at radius 1 is 0.287 bits per heavy atom. The molecule has 0 amide bonds. The molecule has 378 valence electrons. The molecule has 13 aromatic carbocycles. The molecule has 80 heavy (non-hydrogen) atoms. The van der Waals surface area contributed by atoms with Crippen molar-refractivity contribution in [1.29, 1.82) is 0 Å². The Hall–Kier alpha value is -10.5. The van der Waals surface area contributed by atoms with E-state index in [9.17, 15) is 0 Å². The van der Waals surface area contributed by atoms with E-state index in [4.69, 9.17) is 4.74 Å². The number of hydrogen-bond donors (Lipinski definition) is 1. The Labute approximate surface area is 468 Å². The fourth-order valence-corrected chi connectivity index (χ4v) is 12.1. The van der Waals surface area contributed by atoms with Crippen LogP contribution in [0, 0.1) is 0 Å². The Balaban J connectivity index is 0.000000193. The Bertz CT molecular complexity index is 4130. The summed E-state index contributed by atoms with van der Waals surface area (Å²) in [5.41, 5.74) is 21.9. The Morgan fingerprint density at radius 3 is 1.23 bits per heavy atom. The van der Waals surface area contributed by atoms with Crippen LogP contribution in [0.5, 0.6) is 11.5 Å². The van der Waals surface area contributed by atoms with Crippen LogP contribution < -0.4 is 15.0 Å². The highest BCUT2D eigenvalue weighted by atomic mass is 16.5. The van der Waals surface area contributed by atoms with Crippen LogP contribution in [-0.2, 0) is 5.41 Å². The number of rotatable bonds is 9. The van der Waals surface area contributed by atoms with Gasteiger partial charge in [-0.3, -0.25) is 0 Å². The third-order valence-corrected chi connectivity index (χ3v) is 15.8. The topological polar surface area (TPSA) is 24.5 Å². The van der Waals surface area contributed by atoms with E-state index in [1.807, 2.05) is 12.1 Å². The van der Waals surface area contributed by atoms with Gasteiger partial charge in [0, 0.05) is 44.8 Å². The van der Waals surface area contributed by atoms with Gasteiger partial charge in [0.05, 0.1) is 11.1 Å². The van der Waals surface area contributed by atoms with Crippen molar-refractivity contribution in [2.24, 2.45) is 0 Å². The number of benzene rings is 13. The monoisotopic (exact) mass is 1020 g/mol. The van der Waals surface area contributed by atoms with E-state index >= 15 is 0 Å². The van der Waals surface area contributed by atoms with Crippen LogP contribution >= 0.6 is 0 Å². The molecule has 0 bridgehead atoms. The number of anilines is 5. The Morgan fingerprint density at radius 2 is 0.700 bits per heavy atom. The summed E-state index contributed by atoms with van der Waals surface area (Å²) in [6.45, 7) is 0. The van der Waals surface area contributed by atoms with E-state index in [0.29, 0.717) is 0 Å². The molecule has 3 nitrogen and oxygen atoms in total. The van der Waals surface area contributed by atoms with Crippen molar-refractivity contribution in [1.82, 2.24) is 0 Å². The lowest BCUT2D eigenvalue weighted by Gasteiger charge is -2.40. The van der Waals surface area contributed by atoms with E-state index in [0.717, 1.165) is 50.9 Å². The lowest BCUT2D eigenvalue weighted by atomic mass is 9.65. The van der Waals surface area contributed by atoms with Crippen LogP contribution in [0.2, 0.25) is 0 Å². The van der Waals surface area contributed by atoms with Crippen molar-refractivity contribution in [2.45, 2.75) is 5.41 Å². The van der Waals surface area contributed by atoms with Crippen LogP contribution in [0.1, 0.15) is 22.3 Å². The number of nitrogens with zero attached hydrogens (tertiary/aromatic N) is 1. The summed E-state index contributed by atoms with van der Waals surface area (Å²) >= 11 is 0. The SMILES string of the molecule is c1ccc(-c2ccc(N(c3ccc(-c4ccccc4)cc3)c3cccc4c3-c3ccccc3C43c4ccccc4Oc4c3ccc3ccccc43)cc2)cc1.c1ccc(-c2ccc(Nc3ccc(-c4ccccc4)cc3)cc2)cc1. The molecule has 1 aliphatic heterocycles. The minimum atomic E-state index is -0.587. The van der Waals surface area contributed by atoms with Crippen molar-refractivity contribution in [3.8, 4) is 67.1 Å². The zero-order chi connectivity index (χ0) is 53.2. The summed E-state index contributed by atoms with van der Waals surface area (Å²) in [4.78, 5) is 2.44. The zero-order valence-corrected chi connectivity index (χ0v) is 44.0. The predicted molar refractivity (Wildman–Crippen MR) is 334 cm³/mol. The van der Waals surface area contributed by atoms with Gasteiger partial charge >= 0.3 is 0 Å². The first-order valence-corrected chi connectivity index (χ1v) is 27.4. The van der Waals surface area contributed by atoms with Gasteiger partial charge in [-0.1, -0.05) is 261 Å². The number of para-hydroxylation sites is 1. The molecule has 0 fully saturated rings. The molecule has 0 saturated carbocycles. The van der Waals surface area contributed by atoms with Crippen LogP contribution in [0.3, 0.4) is 0 Å². The molecule has 1 aliphatic carbocycles. The lowest BCUT2D eigenvalue weighted by molar-refractivity contribution is 0.441. The van der Waals surface area contributed by atoms with E-state index in [1.165, 1.54) is 77.7 Å². The van der Waals surface area contributed by atoms with Gasteiger partial charge in [0.25, 0.3) is 0 Å². The maximum atomic E-state index is 6.91. The van der Waals surface area contributed by atoms with Gasteiger partial charge in [-0.2, -0.15) is 0 Å². The molecule has 1 atom stereocenters. The number of fused-ring (bicyclic) bond motifs is 11. The first-order chi connectivity index (χ1) is 39.7. The van der Waals surface area contributed by atoms with Crippen molar-refractivity contribution in [3.05, 3.63) is 344 Å². The first kappa shape index (κ1) is 47.9. The normalized spacial score (nSPS) is 13.4. The van der Waals surface area contributed by atoms with Gasteiger partial charge in [0.15, 0.2) is 0 Å². The van der Waals surface area contributed by atoms with Gasteiger partial charge in [-0.05, 0) is 127 Å². The molecule has 15 rings (SSSR count). The van der Waals surface area contributed by atoms with Crippen molar-refractivity contribution < 1.29 is 4.74 Å². The summed E-state index contributed by atoms with van der Waals surface area (Å²) in [5, 5.41) is 5.75. The van der Waals surface area contributed by atoms with Gasteiger partial charge in [0.2, 0.25) is 0 Å². The molecule has 0 aromatic heterocycles. The number of hydrogen-bond acceptors (Lipinski definition) is 3. The average molecular weight is 1020 g/mol. The second kappa shape index (κ2) is 20.8. The highest BCUT2D eigenvalue weighted by Gasteiger charge is 2.52. The van der Waals surface area contributed by atoms with Gasteiger partial charge in [-0.25, -0.2) is 0 Å².